The molecule has 1 saturated heterocycles. The first-order valence-electron chi connectivity index (χ1n) is 9.82. The van der Waals surface area contributed by atoms with Crippen molar-refractivity contribution in [3.8, 4) is 10.6 Å². The summed E-state index contributed by atoms with van der Waals surface area (Å²) in [6.07, 6.45) is 3.39. The van der Waals surface area contributed by atoms with E-state index in [2.05, 4.69) is 20.2 Å². The Balaban J connectivity index is 1.47. The quantitative estimate of drug-likeness (QED) is 0.633. The van der Waals surface area contributed by atoms with Gasteiger partial charge in [-0.05, 0) is 50.4 Å². The van der Waals surface area contributed by atoms with E-state index < -0.39 is 10.0 Å². The lowest BCUT2D eigenvalue weighted by molar-refractivity contribution is 0.103. The summed E-state index contributed by atoms with van der Waals surface area (Å²) in [6.45, 7) is 4.16. The lowest BCUT2D eigenvalue weighted by Gasteiger charge is -2.31. The monoisotopic (exact) mass is 457 g/mol. The maximum absolute atomic E-state index is 12.8. The number of benzene rings is 1. The number of hydrogen-bond donors (Lipinski definition) is 1. The number of nitrogens with one attached hydrogen (secondary N) is 1. The third kappa shape index (κ3) is 4.67. The Bertz CT molecular complexity index is 1170. The van der Waals surface area contributed by atoms with E-state index in [1.165, 1.54) is 27.8 Å². The number of nitrogens with zero attached hydrogens (tertiary/aromatic N) is 4. The van der Waals surface area contributed by atoms with E-state index in [1.807, 2.05) is 19.2 Å². The summed E-state index contributed by atoms with van der Waals surface area (Å²) in [4.78, 5) is 24.2. The molecular formula is C21H23N5O3S2. The number of aromatic nitrogens is 2. The van der Waals surface area contributed by atoms with Crippen LogP contribution in [-0.4, -0.2) is 66.7 Å². The minimum atomic E-state index is -3.54. The predicted molar refractivity (Wildman–Crippen MR) is 121 cm³/mol. The van der Waals surface area contributed by atoms with Gasteiger partial charge in [0.2, 0.25) is 10.0 Å². The van der Waals surface area contributed by atoms with Crippen LogP contribution in [0.2, 0.25) is 0 Å². The molecule has 0 radical (unpaired) electrons. The summed E-state index contributed by atoms with van der Waals surface area (Å²) in [5.41, 5.74) is 2.02. The standard InChI is InChI=1S/C21H23N5O3S2/c1-15-19(30-21(23-15)16-4-3-9-22-14-16)20(27)24-17-5-7-18(8-6-17)31(28,29)26-12-10-25(2)11-13-26/h3-9,14H,10-13H2,1-2H3,(H,24,27). The normalized spacial score (nSPS) is 15.7. The molecule has 31 heavy (non-hydrogen) atoms. The van der Waals surface area contributed by atoms with Gasteiger partial charge in [-0.1, -0.05) is 0 Å². The lowest BCUT2D eigenvalue weighted by Crippen LogP contribution is -2.46. The zero-order valence-corrected chi connectivity index (χ0v) is 18.9. The molecule has 3 heterocycles. The Labute approximate surface area is 185 Å². The van der Waals surface area contributed by atoms with Crippen LogP contribution in [0.25, 0.3) is 10.6 Å². The Morgan fingerprint density at radius 3 is 2.45 bits per heavy atom. The third-order valence-electron chi connectivity index (χ3n) is 5.12. The van der Waals surface area contributed by atoms with E-state index in [-0.39, 0.29) is 10.8 Å². The fourth-order valence-corrected chi connectivity index (χ4v) is 5.67. The second-order valence-corrected chi connectivity index (χ2v) is 10.3. The highest BCUT2D eigenvalue weighted by atomic mass is 32.2. The number of anilines is 1. The van der Waals surface area contributed by atoms with Crippen LogP contribution in [0.15, 0.2) is 53.7 Å². The second kappa shape index (κ2) is 8.83. The van der Waals surface area contributed by atoms with Gasteiger partial charge < -0.3 is 10.2 Å². The van der Waals surface area contributed by atoms with E-state index in [1.54, 1.807) is 31.5 Å². The van der Waals surface area contributed by atoms with Crippen LogP contribution in [-0.2, 0) is 10.0 Å². The van der Waals surface area contributed by atoms with Gasteiger partial charge in [0.05, 0.1) is 10.6 Å². The van der Waals surface area contributed by atoms with Gasteiger partial charge in [-0.3, -0.25) is 9.78 Å². The van der Waals surface area contributed by atoms with E-state index in [4.69, 9.17) is 0 Å². The van der Waals surface area contributed by atoms with Crippen molar-refractivity contribution in [2.75, 3.05) is 38.5 Å². The van der Waals surface area contributed by atoms with Gasteiger partial charge in [0, 0.05) is 49.8 Å². The molecule has 8 nitrogen and oxygen atoms in total. The van der Waals surface area contributed by atoms with Crippen LogP contribution in [0.3, 0.4) is 0 Å². The molecule has 0 saturated carbocycles. The minimum Gasteiger partial charge on any atom is -0.321 e. The lowest BCUT2D eigenvalue weighted by atomic mass is 10.3. The van der Waals surface area contributed by atoms with Gasteiger partial charge in [0.25, 0.3) is 5.91 Å². The Morgan fingerprint density at radius 2 is 1.81 bits per heavy atom. The zero-order valence-electron chi connectivity index (χ0n) is 17.3. The number of piperazine rings is 1. The minimum absolute atomic E-state index is 0.225. The van der Waals surface area contributed by atoms with Gasteiger partial charge in [0.1, 0.15) is 9.88 Å². The third-order valence-corrected chi connectivity index (χ3v) is 8.24. The average molecular weight is 458 g/mol. The number of amides is 1. The van der Waals surface area contributed by atoms with Gasteiger partial charge in [0.15, 0.2) is 0 Å². The summed E-state index contributed by atoms with van der Waals surface area (Å²) < 4.78 is 27.2. The summed E-state index contributed by atoms with van der Waals surface area (Å²) in [5, 5.41) is 3.55. The summed E-state index contributed by atoms with van der Waals surface area (Å²) in [5.74, 6) is -0.278. The maximum atomic E-state index is 12.8. The molecule has 0 unspecified atom stereocenters. The van der Waals surface area contributed by atoms with Crippen LogP contribution in [0.4, 0.5) is 5.69 Å². The van der Waals surface area contributed by atoms with Crippen molar-refractivity contribution >= 4 is 33.0 Å². The molecule has 1 fully saturated rings. The van der Waals surface area contributed by atoms with E-state index >= 15 is 0 Å². The molecule has 4 rings (SSSR count). The van der Waals surface area contributed by atoms with Crippen LogP contribution in [0.5, 0.6) is 0 Å². The predicted octanol–water partition coefficient (Wildman–Crippen LogP) is 2.70. The van der Waals surface area contributed by atoms with Crippen molar-refractivity contribution in [1.82, 2.24) is 19.2 Å². The van der Waals surface area contributed by atoms with Gasteiger partial charge in [-0.2, -0.15) is 4.31 Å². The van der Waals surface area contributed by atoms with Crippen molar-refractivity contribution in [2.45, 2.75) is 11.8 Å². The number of carbonyl (C=O) groups is 1. The van der Waals surface area contributed by atoms with Crippen molar-refractivity contribution in [2.24, 2.45) is 0 Å². The number of carbonyl (C=O) groups excluding carboxylic acids is 1. The van der Waals surface area contributed by atoms with Crippen molar-refractivity contribution in [1.29, 1.82) is 0 Å². The number of aryl methyl sites for hydroxylation is 1. The van der Waals surface area contributed by atoms with E-state index in [0.29, 0.717) is 42.4 Å². The van der Waals surface area contributed by atoms with E-state index in [9.17, 15) is 13.2 Å². The number of likely N-dealkylation sites (N-methyl/N-ethyl adjacent to an activating group) is 1. The fourth-order valence-electron chi connectivity index (χ4n) is 3.30. The Morgan fingerprint density at radius 1 is 1.10 bits per heavy atom. The first-order chi connectivity index (χ1) is 14.8. The van der Waals surface area contributed by atoms with Crippen LogP contribution >= 0.6 is 11.3 Å². The van der Waals surface area contributed by atoms with E-state index in [0.717, 1.165) is 10.6 Å². The van der Waals surface area contributed by atoms with Gasteiger partial charge in [-0.15, -0.1) is 11.3 Å². The Hall–Kier alpha value is -2.66. The SMILES string of the molecule is Cc1nc(-c2cccnc2)sc1C(=O)Nc1ccc(S(=O)(=O)N2CCN(C)CC2)cc1. The molecule has 10 heteroatoms. The largest absolute Gasteiger partial charge is 0.321 e. The summed E-state index contributed by atoms with van der Waals surface area (Å²) >= 11 is 1.30. The molecule has 0 atom stereocenters. The molecule has 0 spiro atoms. The van der Waals surface area contributed by atoms with Gasteiger partial charge in [-0.25, -0.2) is 13.4 Å². The molecule has 0 bridgehead atoms. The van der Waals surface area contributed by atoms with Crippen LogP contribution in [0.1, 0.15) is 15.4 Å². The molecule has 1 aliphatic heterocycles. The van der Waals surface area contributed by atoms with Crippen molar-refractivity contribution in [3.05, 3.63) is 59.4 Å². The molecule has 162 valence electrons. The fraction of sp³-hybridized carbons (Fsp3) is 0.286. The highest BCUT2D eigenvalue weighted by Crippen LogP contribution is 2.28. The molecule has 1 aliphatic rings. The topological polar surface area (TPSA) is 95.5 Å². The zero-order chi connectivity index (χ0) is 22.0. The van der Waals surface area contributed by atoms with Gasteiger partial charge >= 0.3 is 0 Å². The molecule has 3 aromatic rings. The first kappa shape index (κ1) is 21.6. The number of sulfonamides is 1. The summed E-state index contributed by atoms with van der Waals surface area (Å²) in [6, 6.07) is 10.0. The maximum Gasteiger partial charge on any atom is 0.267 e. The molecule has 1 amide bonds. The van der Waals surface area contributed by atoms with Crippen LogP contribution in [0, 0.1) is 6.92 Å². The number of pyridine rings is 1. The number of rotatable bonds is 5. The molecular weight excluding hydrogens is 434 g/mol. The highest BCUT2D eigenvalue weighted by molar-refractivity contribution is 7.89. The van der Waals surface area contributed by atoms with Crippen LogP contribution < -0.4 is 5.32 Å². The highest BCUT2D eigenvalue weighted by Gasteiger charge is 2.27. The molecule has 0 aliphatic carbocycles. The Kier molecular flexibility index (Phi) is 6.15. The first-order valence-corrected chi connectivity index (χ1v) is 12.1. The molecule has 1 aromatic carbocycles. The smallest absolute Gasteiger partial charge is 0.267 e. The average Bonchev–Trinajstić information content (AvgIpc) is 3.17. The van der Waals surface area contributed by atoms with Crippen molar-refractivity contribution in [3.63, 3.8) is 0 Å². The second-order valence-electron chi connectivity index (χ2n) is 7.36. The molecule has 2 aromatic heterocycles. The van der Waals surface area contributed by atoms with Crippen molar-refractivity contribution < 1.29 is 13.2 Å². The number of hydrogen-bond acceptors (Lipinski definition) is 7. The molecule has 1 N–H and O–H groups in total. The number of thiazole rings is 1. The summed E-state index contributed by atoms with van der Waals surface area (Å²) in [7, 11) is -1.56.